The maximum absolute atomic E-state index is 15.4. The van der Waals surface area contributed by atoms with Crippen LogP contribution in [0.4, 0.5) is 13.6 Å². The molecule has 9 aromatic rings. The van der Waals surface area contributed by atoms with Crippen LogP contribution in [0, 0.1) is 37.3 Å². The number of aryl methyl sites for hydroxylation is 2. The fourth-order valence-electron chi connectivity index (χ4n) is 20.5. The second-order valence-electron chi connectivity index (χ2n) is 37.5. The zero-order valence-electron chi connectivity index (χ0n) is 78.4. The molecule has 5 aliphatic heterocycles. The van der Waals surface area contributed by atoms with E-state index >= 15 is 8.78 Å². The minimum atomic E-state index is -2.01. The topological polar surface area (TPSA) is 488 Å². The largest absolute Gasteiger partial charge is 0.480 e. The number of carbonyl (C=O) groups is 13. The Hall–Kier alpha value is -14.1. The molecule has 10 N–H and O–H groups in total. The molecule has 0 saturated heterocycles. The molecule has 9 heterocycles. The van der Waals surface area contributed by atoms with Gasteiger partial charge in [-0.2, -0.15) is 0 Å². The minimum Gasteiger partial charge on any atom is -0.480 e. The molecule has 736 valence electrons. The van der Waals surface area contributed by atoms with Gasteiger partial charge >= 0.3 is 24.0 Å². The number of Topliss-reactive ketones (excluding diaryl/α,β-unsaturated/α-hetero) is 3. The number of carboxylic acids is 1. The number of fused-ring (bicyclic) bond motifs is 13. The smallest absolute Gasteiger partial charge is 0.407 e. The Morgan fingerprint density at radius 2 is 1.03 bits per heavy atom. The van der Waals surface area contributed by atoms with Crippen LogP contribution in [-0.2, 0) is 138 Å². The van der Waals surface area contributed by atoms with Crippen molar-refractivity contribution in [3.63, 3.8) is 0 Å². The van der Waals surface area contributed by atoms with Gasteiger partial charge in [-0.15, -0.1) is 0 Å². The number of ether oxygens (including phenoxy) is 5. The van der Waals surface area contributed by atoms with Crippen LogP contribution in [0.2, 0.25) is 0 Å². The number of aliphatic carboxylic acids is 1. The highest BCUT2D eigenvalue weighted by Crippen LogP contribution is 2.51. The molecule has 19 rings (SSSR count). The number of benzene rings is 5. The van der Waals surface area contributed by atoms with Gasteiger partial charge in [-0.3, -0.25) is 57.6 Å². The molecule has 5 aliphatic carbocycles. The monoisotopic (exact) mass is 1930 g/mol. The SMILES string of the molecule is CC[C@@]1(O)C(=O)OCc2c1cc1n(c2=O)Cc2c-1nc1cc(F)c(C)c3c1c2[C@@H](NC(=O)C(OCCC(=O)CN)C1CC1)CC3.CC[C@@]1(O)C(=O)OCc2c1cc1n(c2=O)Cc2c-1nc1cc(F)c(C)c3c1c2[C@@H](NC(=O)C(OCCC(=O)CNC(=O)OCC1c2ccccc2-c2ccccc21)C1CC1)CC3.O=C(CCC(=O)N[C@@H](Cc1ccccc1)C(=O)O)CNC(=O)CCCCCN1C(=O)C=CC1=O. The summed E-state index contributed by atoms with van der Waals surface area (Å²) in [6.07, 6.45) is 7.37. The van der Waals surface area contributed by atoms with E-state index in [-0.39, 0.29) is 204 Å². The van der Waals surface area contributed by atoms with Gasteiger partial charge in [0.15, 0.2) is 22.8 Å². The van der Waals surface area contributed by atoms with Crippen LogP contribution in [0.25, 0.3) is 55.7 Å². The standard InChI is InChI=1S/C48H45FN4O9.C33H35FN4O7.C24H29N3O7/c1-3-48(59)35-18-39-42-32(21-53(39)45(56)34(35)23-61-46(48)57)41-37(15-14-27-24(2)36(49)19-38(51-42)40(27)41)52-44(55)43(25-12-13-25)60-17-16-26(54)20-50-47(58)62-22-33-30-10-6-4-8-28(30)29-9-5-7-11-31(29)33;1-3-33(43)21-10-25-28-19(13-38(25)31(41)20(21)14-45-32(33)42)27-23(7-6-18-15(2)22(34)11-24(36-28)26(18)27)37-30(40)29(16-4-5-16)44-9-8-17(39)12-35;28-18(10-11-21(30)26-19(24(33)34)15-17-7-3-1-4-8-17)16-25-20(29)9-5-2-6-14-27-22(31)12-13-23(27)32/h4-11,18-19,25,33,37,43,59H,3,12-17,20-23H2,1-2H3,(H,50,58)(H,52,55);10-11,16,23,29,43H,3-9,12-14,35H2,1-2H3,(H,37,40);1,3-4,7-8,12-13,19H,2,5-6,9-11,14-16H2,(H,25,29)(H,26,30)(H,33,34)/t37-,43?,48-;23-,29?,33-;19-/m000/s1. The maximum atomic E-state index is 15.4. The lowest BCUT2D eigenvalue weighted by Gasteiger charge is -2.31. The van der Waals surface area contributed by atoms with E-state index in [0.29, 0.717) is 102 Å². The van der Waals surface area contributed by atoms with Gasteiger partial charge in [-0.05, 0) is 176 Å². The Labute approximate surface area is 807 Å². The molecule has 2 fully saturated rings. The first-order valence-corrected chi connectivity index (χ1v) is 48.0. The Balaban J connectivity index is 0.000000153. The normalized spacial score (nSPS) is 19.0. The number of nitrogens with zero attached hydrogens (tertiary/aromatic N) is 5. The Morgan fingerprint density at radius 1 is 0.553 bits per heavy atom. The first-order chi connectivity index (χ1) is 67.8. The quantitative estimate of drug-likeness (QED) is 0.00765. The summed E-state index contributed by atoms with van der Waals surface area (Å²) >= 11 is 0. The first kappa shape index (κ1) is 98.5. The Kier molecular flexibility index (Phi) is 28.9. The Bertz CT molecular complexity index is 6760. The predicted octanol–water partition coefficient (Wildman–Crippen LogP) is 9.02. The number of cyclic esters (lactones) is 2. The van der Waals surface area contributed by atoms with Crippen LogP contribution in [0.1, 0.15) is 218 Å². The fourth-order valence-corrected chi connectivity index (χ4v) is 20.5. The molecule has 4 aromatic heterocycles. The summed E-state index contributed by atoms with van der Waals surface area (Å²) in [5, 5.41) is 47.4. The van der Waals surface area contributed by atoms with E-state index in [1.165, 1.54) is 28.9 Å². The van der Waals surface area contributed by atoms with Crippen molar-refractivity contribution in [2.75, 3.05) is 46.0 Å². The van der Waals surface area contributed by atoms with Crippen molar-refractivity contribution in [1.29, 1.82) is 0 Å². The number of pyridine rings is 4. The number of amides is 7. The molecule has 0 radical (unpaired) electrons. The van der Waals surface area contributed by atoms with Crippen LogP contribution in [0.5, 0.6) is 0 Å². The number of nitrogens with one attached hydrogen (secondary N) is 5. The van der Waals surface area contributed by atoms with E-state index in [9.17, 15) is 87.2 Å². The van der Waals surface area contributed by atoms with Gasteiger partial charge in [0.1, 0.15) is 55.5 Å². The van der Waals surface area contributed by atoms with E-state index in [2.05, 4.69) is 38.7 Å². The van der Waals surface area contributed by atoms with Crippen LogP contribution >= 0.6 is 0 Å². The van der Waals surface area contributed by atoms with E-state index in [0.717, 1.165) is 97.0 Å². The van der Waals surface area contributed by atoms with E-state index < -0.39 is 94.2 Å². The number of rotatable bonds is 36. The lowest BCUT2D eigenvalue weighted by atomic mass is 9.81. The van der Waals surface area contributed by atoms with Crippen LogP contribution in [0.15, 0.2) is 125 Å². The van der Waals surface area contributed by atoms with Gasteiger partial charge in [-0.1, -0.05) is 99.1 Å². The minimum absolute atomic E-state index is 0.0104. The highest BCUT2D eigenvalue weighted by Gasteiger charge is 2.50. The summed E-state index contributed by atoms with van der Waals surface area (Å²) in [7, 11) is 0. The number of esters is 2. The number of hydrogen-bond acceptors (Lipinski definition) is 25. The highest BCUT2D eigenvalue weighted by atomic mass is 19.1. The van der Waals surface area contributed by atoms with Gasteiger partial charge in [0.2, 0.25) is 23.6 Å². The summed E-state index contributed by atoms with van der Waals surface area (Å²) in [6, 6.07) is 28.9. The number of unbranched alkanes of at least 4 members (excludes halogenated alkanes) is 2. The van der Waals surface area contributed by atoms with Gasteiger partial charge in [0.05, 0.1) is 103 Å². The first-order valence-electron chi connectivity index (χ1n) is 48.0. The van der Waals surface area contributed by atoms with Crippen molar-refractivity contribution < 1.29 is 110 Å². The van der Waals surface area contributed by atoms with Crippen molar-refractivity contribution in [3.8, 4) is 33.9 Å². The molecule has 141 heavy (non-hydrogen) atoms. The number of aromatic nitrogens is 4. The number of imide groups is 1. The fraction of sp³-hybridized carbons (Fsp3) is 0.419. The summed E-state index contributed by atoms with van der Waals surface area (Å²) in [5.74, 6) is -6.58. The van der Waals surface area contributed by atoms with E-state index in [1.807, 2.05) is 42.5 Å². The van der Waals surface area contributed by atoms with Crippen LogP contribution in [-0.4, -0.2) is 180 Å². The number of carboxylic acid groups (broad SMARTS) is 1. The number of carbonyl (C=O) groups excluding carboxylic acids is 12. The summed E-state index contributed by atoms with van der Waals surface area (Å²) in [4.78, 5) is 199. The molecule has 34 nitrogen and oxygen atoms in total. The summed E-state index contributed by atoms with van der Waals surface area (Å²) in [6.45, 7) is 6.44. The second-order valence-corrected chi connectivity index (χ2v) is 37.5. The summed E-state index contributed by atoms with van der Waals surface area (Å²) < 4.78 is 61.7. The lowest BCUT2D eigenvalue weighted by molar-refractivity contribution is -0.172. The second kappa shape index (κ2) is 41.4. The van der Waals surface area contributed by atoms with E-state index in [1.54, 1.807) is 68.7 Å². The Morgan fingerprint density at radius 3 is 1.51 bits per heavy atom. The molecule has 2 unspecified atom stereocenters. The van der Waals surface area contributed by atoms with Gasteiger partial charge in [0, 0.05) is 108 Å². The number of aliphatic hydroxyl groups is 2. The molecule has 36 heteroatoms. The zero-order valence-corrected chi connectivity index (χ0v) is 78.4. The number of hydrogen-bond donors (Lipinski definition) is 9. The molecule has 0 bridgehead atoms. The van der Waals surface area contributed by atoms with Gasteiger partial charge in [0.25, 0.3) is 22.9 Å². The van der Waals surface area contributed by atoms with Crippen molar-refractivity contribution in [3.05, 3.63) is 231 Å². The molecule has 7 amide bonds. The third-order valence-corrected chi connectivity index (χ3v) is 28.6. The maximum Gasteiger partial charge on any atom is 0.407 e. The number of halogens is 2. The average molecular weight is 1930 g/mol. The lowest BCUT2D eigenvalue weighted by Crippen LogP contribution is -2.44. The van der Waals surface area contributed by atoms with E-state index in [4.69, 9.17) is 39.4 Å². The third kappa shape index (κ3) is 20.0. The molecule has 7 atom stereocenters. The highest BCUT2D eigenvalue weighted by molar-refractivity contribution is 6.13. The van der Waals surface area contributed by atoms with Crippen LogP contribution in [0.3, 0.4) is 0 Å². The average Bonchev–Trinajstić information content (AvgIpc) is 1.54. The third-order valence-electron chi connectivity index (χ3n) is 28.6. The van der Waals surface area contributed by atoms with Crippen molar-refractivity contribution in [2.24, 2.45) is 17.6 Å². The van der Waals surface area contributed by atoms with Crippen molar-refractivity contribution >= 4 is 98.6 Å². The molecule has 5 aromatic carbocycles. The number of alkyl carbamates (subject to hydrolysis) is 1. The van der Waals surface area contributed by atoms with Gasteiger partial charge in [-0.25, -0.2) is 37.9 Å². The molecule has 0 spiro atoms. The van der Waals surface area contributed by atoms with Gasteiger partial charge < -0.3 is 80.5 Å². The molecular weight excluding hydrogens is 1820 g/mol. The predicted molar refractivity (Wildman–Crippen MR) is 504 cm³/mol. The molecular formula is C105H109F2N11O23. The van der Waals surface area contributed by atoms with Crippen molar-refractivity contribution in [2.45, 2.75) is 223 Å². The van der Waals surface area contributed by atoms with Crippen molar-refractivity contribution in [1.82, 2.24) is 50.6 Å². The number of nitrogens with two attached hydrogens (primary N) is 1. The number of ketones is 3. The molecule has 10 aliphatic rings. The summed E-state index contributed by atoms with van der Waals surface area (Å²) in [5.41, 5.74) is 14.5. The zero-order chi connectivity index (χ0) is 99.7. The molecule has 2 saturated carbocycles. The van der Waals surface area contributed by atoms with Crippen LogP contribution < -0.4 is 43.4 Å².